The van der Waals surface area contributed by atoms with Crippen LogP contribution in [-0.4, -0.2) is 44.2 Å². The quantitative estimate of drug-likeness (QED) is 0.643. The molecule has 1 fully saturated rings. The summed E-state index contributed by atoms with van der Waals surface area (Å²) in [4.78, 5) is 27.0. The second kappa shape index (κ2) is 7.16. The lowest BCUT2D eigenvalue weighted by atomic mass is 9.90. The second-order valence-corrected chi connectivity index (χ2v) is 7.19. The van der Waals surface area contributed by atoms with E-state index in [0.717, 1.165) is 27.8 Å². The van der Waals surface area contributed by atoms with Crippen molar-refractivity contribution < 1.29 is 14.3 Å². The summed E-state index contributed by atoms with van der Waals surface area (Å²) < 4.78 is 6.87. The number of amides is 3. The number of hydrogen-bond donors (Lipinski definition) is 1. The van der Waals surface area contributed by atoms with Gasteiger partial charge in [0.1, 0.15) is 11.3 Å². The van der Waals surface area contributed by atoms with Gasteiger partial charge in [0.15, 0.2) is 5.82 Å². The van der Waals surface area contributed by atoms with Crippen LogP contribution in [0.15, 0.2) is 36.4 Å². The van der Waals surface area contributed by atoms with Crippen molar-refractivity contribution in [1.82, 2.24) is 30.4 Å². The monoisotopic (exact) mass is 394 g/mol. The smallest absolute Gasteiger partial charge is 0.325 e. The first-order valence-corrected chi connectivity index (χ1v) is 9.43. The van der Waals surface area contributed by atoms with Crippen molar-refractivity contribution in [3.63, 3.8) is 0 Å². The number of ether oxygens (including phenoxy) is 1. The molecule has 150 valence electrons. The molecule has 4 rings (SSSR count). The van der Waals surface area contributed by atoms with Crippen LogP contribution in [0.25, 0.3) is 10.8 Å². The molecule has 1 aliphatic rings. The van der Waals surface area contributed by atoms with Gasteiger partial charge in [-0.2, -0.15) is 0 Å². The Morgan fingerprint density at radius 2 is 1.90 bits per heavy atom. The topological polar surface area (TPSA) is 102 Å². The van der Waals surface area contributed by atoms with Crippen LogP contribution in [0.1, 0.15) is 31.7 Å². The Labute approximate surface area is 167 Å². The van der Waals surface area contributed by atoms with Crippen LogP contribution in [0, 0.1) is 0 Å². The first-order chi connectivity index (χ1) is 14.0. The van der Waals surface area contributed by atoms with E-state index in [9.17, 15) is 9.59 Å². The second-order valence-electron chi connectivity index (χ2n) is 7.19. The predicted octanol–water partition coefficient (Wildman–Crippen LogP) is 2.21. The summed E-state index contributed by atoms with van der Waals surface area (Å²) >= 11 is 0. The van der Waals surface area contributed by atoms with E-state index in [2.05, 4.69) is 20.8 Å². The van der Waals surface area contributed by atoms with E-state index in [0.29, 0.717) is 17.9 Å². The summed E-state index contributed by atoms with van der Waals surface area (Å²) in [6.07, 6.45) is 0.845. The van der Waals surface area contributed by atoms with Crippen molar-refractivity contribution in [2.45, 2.75) is 38.9 Å². The number of hydrogen-bond acceptors (Lipinski definition) is 6. The third kappa shape index (κ3) is 3.18. The van der Waals surface area contributed by atoms with E-state index in [-0.39, 0.29) is 12.5 Å². The zero-order valence-electron chi connectivity index (χ0n) is 16.5. The highest BCUT2D eigenvalue weighted by molar-refractivity contribution is 6.07. The molecule has 0 spiro atoms. The number of urea groups is 1. The molecule has 0 bridgehead atoms. The van der Waals surface area contributed by atoms with E-state index >= 15 is 0 Å². The van der Waals surface area contributed by atoms with Gasteiger partial charge < -0.3 is 10.1 Å². The van der Waals surface area contributed by atoms with Crippen molar-refractivity contribution in [2.75, 3.05) is 7.11 Å². The maximum atomic E-state index is 13.2. The number of fused-ring (bicyclic) bond motifs is 1. The molecule has 1 aromatic heterocycles. The zero-order valence-corrected chi connectivity index (χ0v) is 16.5. The molecule has 3 aromatic rings. The maximum absolute atomic E-state index is 13.2. The van der Waals surface area contributed by atoms with Crippen LogP contribution in [-0.2, 0) is 23.4 Å². The minimum atomic E-state index is -1.16. The van der Waals surface area contributed by atoms with Gasteiger partial charge in [-0.15, -0.1) is 5.10 Å². The van der Waals surface area contributed by atoms with E-state index in [1.54, 1.807) is 18.7 Å². The van der Waals surface area contributed by atoms with Gasteiger partial charge in [-0.25, -0.2) is 9.48 Å². The fraction of sp³-hybridized carbons (Fsp3) is 0.350. The first-order valence-electron chi connectivity index (χ1n) is 9.43. The SMILES string of the molecule is CCCn1nnnc1CN1C(=O)N[C@@](C)(c2ccc3cc(OC)ccc3c2)C1=O. The average molecular weight is 394 g/mol. The number of tetrazole rings is 1. The van der Waals surface area contributed by atoms with Gasteiger partial charge >= 0.3 is 6.03 Å². The summed E-state index contributed by atoms with van der Waals surface area (Å²) in [5, 5.41) is 16.3. The molecule has 0 unspecified atom stereocenters. The molecule has 9 nitrogen and oxygen atoms in total. The minimum Gasteiger partial charge on any atom is -0.497 e. The fourth-order valence-electron chi connectivity index (χ4n) is 3.56. The zero-order chi connectivity index (χ0) is 20.6. The molecule has 2 heterocycles. The van der Waals surface area contributed by atoms with Crippen LogP contribution in [0.5, 0.6) is 5.75 Å². The third-order valence-electron chi connectivity index (χ3n) is 5.24. The molecule has 3 amide bonds. The highest BCUT2D eigenvalue weighted by Gasteiger charge is 2.49. The van der Waals surface area contributed by atoms with Crippen molar-refractivity contribution in [3.05, 3.63) is 47.8 Å². The molecular weight excluding hydrogens is 372 g/mol. The van der Waals surface area contributed by atoms with Crippen molar-refractivity contribution in [3.8, 4) is 5.75 Å². The number of nitrogens with zero attached hydrogens (tertiary/aromatic N) is 5. The Morgan fingerprint density at radius 3 is 2.66 bits per heavy atom. The number of carbonyl (C=O) groups is 2. The van der Waals surface area contributed by atoms with Crippen LogP contribution in [0.3, 0.4) is 0 Å². The molecule has 9 heteroatoms. The largest absolute Gasteiger partial charge is 0.497 e. The molecule has 29 heavy (non-hydrogen) atoms. The number of nitrogens with one attached hydrogen (secondary N) is 1. The number of carbonyl (C=O) groups excluding carboxylic acids is 2. The van der Waals surface area contributed by atoms with Gasteiger partial charge in [-0.05, 0) is 58.3 Å². The summed E-state index contributed by atoms with van der Waals surface area (Å²) in [7, 11) is 1.62. The molecule has 1 N–H and O–H groups in total. The Hall–Kier alpha value is -3.49. The summed E-state index contributed by atoms with van der Waals surface area (Å²) in [5.41, 5.74) is -0.446. The van der Waals surface area contributed by atoms with Gasteiger partial charge in [0, 0.05) is 6.54 Å². The Balaban J connectivity index is 1.64. The van der Waals surface area contributed by atoms with E-state index in [1.165, 1.54) is 0 Å². The summed E-state index contributed by atoms with van der Waals surface area (Å²) in [6, 6.07) is 10.9. The van der Waals surface area contributed by atoms with E-state index in [1.807, 2.05) is 43.3 Å². The fourth-order valence-corrected chi connectivity index (χ4v) is 3.56. The van der Waals surface area contributed by atoms with Crippen LogP contribution < -0.4 is 10.1 Å². The van der Waals surface area contributed by atoms with Gasteiger partial charge in [0.05, 0.1) is 13.7 Å². The first kappa shape index (κ1) is 18.9. The Kier molecular flexibility index (Phi) is 4.65. The number of aryl methyl sites for hydroxylation is 1. The standard InChI is InChI=1S/C20H22N6O3/c1-4-9-26-17(22-23-24-26)12-25-18(27)20(2,21-19(25)28)15-7-5-14-11-16(29-3)8-6-13(14)10-15/h5-8,10-11H,4,9,12H2,1-3H3,(H,21,28)/t20-/m0/s1. The molecule has 0 radical (unpaired) electrons. The number of aromatic nitrogens is 4. The molecule has 0 aliphatic carbocycles. The highest BCUT2D eigenvalue weighted by Crippen LogP contribution is 2.32. The van der Waals surface area contributed by atoms with Gasteiger partial charge in [0.2, 0.25) is 0 Å². The summed E-state index contributed by atoms with van der Waals surface area (Å²) in [5.74, 6) is 0.907. The Morgan fingerprint density at radius 1 is 1.14 bits per heavy atom. The van der Waals surface area contributed by atoms with E-state index < -0.39 is 11.6 Å². The Bertz CT molecular complexity index is 1090. The molecule has 1 saturated heterocycles. The normalized spacial score (nSPS) is 19.1. The van der Waals surface area contributed by atoms with E-state index in [4.69, 9.17) is 4.74 Å². The molecule has 1 atom stereocenters. The maximum Gasteiger partial charge on any atom is 0.325 e. The molecule has 2 aromatic carbocycles. The average Bonchev–Trinajstić information content (AvgIpc) is 3.25. The van der Waals surface area contributed by atoms with Gasteiger partial charge in [-0.1, -0.05) is 25.1 Å². The third-order valence-corrected chi connectivity index (χ3v) is 5.24. The molecule has 0 saturated carbocycles. The lowest BCUT2D eigenvalue weighted by Crippen LogP contribution is -2.40. The predicted molar refractivity (Wildman–Crippen MR) is 105 cm³/mol. The van der Waals surface area contributed by atoms with Crippen molar-refractivity contribution in [1.29, 1.82) is 0 Å². The number of imide groups is 1. The van der Waals surface area contributed by atoms with Crippen molar-refractivity contribution in [2.24, 2.45) is 0 Å². The number of methoxy groups -OCH3 is 1. The van der Waals surface area contributed by atoms with Crippen LogP contribution >= 0.6 is 0 Å². The number of rotatable bonds is 6. The summed E-state index contributed by atoms with van der Waals surface area (Å²) in [6.45, 7) is 4.37. The lowest BCUT2D eigenvalue weighted by molar-refractivity contribution is -0.131. The van der Waals surface area contributed by atoms with Crippen LogP contribution in [0.2, 0.25) is 0 Å². The minimum absolute atomic E-state index is 0.0258. The lowest BCUT2D eigenvalue weighted by Gasteiger charge is -2.22. The van der Waals surface area contributed by atoms with Crippen LogP contribution in [0.4, 0.5) is 4.79 Å². The van der Waals surface area contributed by atoms with Gasteiger partial charge in [0.25, 0.3) is 5.91 Å². The molecule has 1 aliphatic heterocycles. The van der Waals surface area contributed by atoms with Gasteiger partial charge in [-0.3, -0.25) is 9.69 Å². The molecular formula is C20H22N6O3. The number of benzene rings is 2. The van der Waals surface area contributed by atoms with Crippen molar-refractivity contribution >= 4 is 22.7 Å². The highest BCUT2D eigenvalue weighted by atomic mass is 16.5.